The number of nitrogens with zero attached hydrogens (tertiary/aromatic N) is 1. The number of carboxylic acids is 1. The van der Waals surface area contributed by atoms with E-state index in [0.29, 0.717) is 5.25 Å². The van der Waals surface area contributed by atoms with E-state index in [4.69, 9.17) is 0 Å². The molecule has 2 aliphatic rings. The van der Waals surface area contributed by atoms with Gasteiger partial charge in [-0.05, 0) is 18.1 Å². The highest BCUT2D eigenvalue weighted by molar-refractivity contribution is 8.00. The van der Waals surface area contributed by atoms with Crippen LogP contribution in [0.2, 0.25) is 0 Å². The zero-order chi connectivity index (χ0) is 13.2. The minimum Gasteiger partial charge on any atom is -0.480 e. The molecule has 5 heteroatoms. The molecule has 2 atom stereocenters. The van der Waals surface area contributed by atoms with Crippen LogP contribution in [0.4, 0.5) is 0 Å². The maximum absolute atomic E-state index is 11.3. The molecule has 1 aromatic carbocycles. The molecule has 1 saturated heterocycles. The van der Waals surface area contributed by atoms with Gasteiger partial charge in [-0.25, -0.2) is 0 Å². The zero-order valence-electron chi connectivity index (χ0n) is 10.6. The lowest BCUT2D eigenvalue weighted by Crippen LogP contribution is -2.49. The van der Waals surface area contributed by atoms with Crippen molar-refractivity contribution >= 4 is 29.5 Å². The van der Waals surface area contributed by atoms with Crippen molar-refractivity contribution < 1.29 is 9.90 Å². The van der Waals surface area contributed by atoms with Crippen LogP contribution < -0.4 is 0 Å². The lowest BCUT2D eigenvalue weighted by atomic mass is 10.1. The van der Waals surface area contributed by atoms with Gasteiger partial charge in [0.05, 0.1) is 0 Å². The van der Waals surface area contributed by atoms with Gasteiger partial charge in [-0.1, -0.05) is 18.2 Å². The fourth-order valence-corrected chi connectivity index (χ4v) is 5.16. The van der Waals surface area contributed by atoms with Crippen molar-refractivity contribution in [1.82, 2.24) is 4.90 Å². The van der Waals surface area contributed by atoms with Gasteiger partial charge in [0.1, 0.15) is 6.04 Å². The van der Waals surface area contributed by atoms with Crippen molar-refractivity contribution in [3.63, 3.8) is 0 Å². The Kier molecular flexibility index (Phi) is 4.05. The SMILES string of the molecule is O=C(O)C1CSCCN1CC1Cc2ccccc2S1. The highest BCUT2D eigenvalue weighted by Crippen LogP contribution is 2.37. The highest BCUT2D eigenvalue weighted by atomic mass is 32.2. The number of carboxylic acid groups (broad SMARTS) is 1. The van der Waals surface area contributed by atoms with Crippen LogP contribution in [0.15, 0.2) is 29.2 Å². The number of rotatable bonds is 3. The first-order valence-electron chi connectivity index (χ1n) is 6.53. The van der Waals surface area contributed by atoms with Gasteiger partial charge in [-0.2, -0.15) is 11.8 Å². The van der Waals surface area contributed by atoms with Crippen LogP contribution in [0.3, 0.4) is 0 Å². The molecule has 0 bridgehead atoms. The third kappa shape index (κ3) is 2.93. The van der Waals surface area contributed by atoms with E-state index < -0.39 is 5.97 Å². The Labute approximate surface area is 121 Å². The third-order valence-electron chi connectivity index (χ3n) is 3.68. The summed E-state index contributed by atoms with van der Waals surface area (Å²) in [5, 5.41) is 9.80. The fourth-order valence-electron chi connectivity index (χ4n) is 2.70. The summed E-state index contributed by atoms with van der Waals surface area (Å²) in [7, 11) is 0. The molecule has 0 spiro atoms. The number of fused-ring (bicyclic) bond motifs is 1. The number of thioether (sulfide) groups is 2. The van der Waals surface area contributed by atoms with Crippen molar-refractivity contribution in [2.75, 3.05) is 24.6 Å². The molecule has 0 aliphatic carbocycles. The minimum absolute atomic E-state index is 0.303. The number of carbonyl (C=O) groups is 1. The van der Waals surface area contributed by atoms with Gasteiger partial charge in [0.25, 0.3) is 0 Å². The Bertz CT molecular complexity index is 455. The lowest BCUT2D eigenvalue weighted by Gasteiger charge is -2.34. The van der Waals surface area contributed by atoms with Gasteiger partial charge in [0.2, 0.25) is 0 Å². The molecule has 2 aliphatic heterocycles. The average molecular weight is 295 g/mol. The van der Waals surface area contributed by atoms with Crippen molar-refractivity contribution in [2.24, 2.45) is 0 Å². The summed E-state index contributed by atoms with van der Waals surface area (Å²) in [6, 6.07) is 8.21. The van der Waals surface area contributed by atoms with Gasteiger partial charge in [0.15, 0.2) is 0 Å². The highest BCUT2D eigenvalue weighted by Gasteiger charge is 2.32. The minimum atomic E-state index is -0.673. The normalized spacial score (nSPS) is 27.2. The predicted octanol–water partition coefficient (Wildman–Crippen LogP) is 2.21. The van der Waals surface area contributed by atoms with Gasteiger partial charge >= 0.3 is 5.97 Å². The third-order valence-corrected chi connectivity index (χ3v) is 6.00. The molecule has 0 aromatic heterocycles. The largest absolute Gasteiger partial charge is 0.480 e. The molecular weight excluding hydrogens is 278 g/mol. The molecule has 3 nitrogen and oxygen atoms in total. The van der Waals surface area contributed by atoms with Gasteiger partial charge in [0, 0.05) is 34.7 Å². The maximum atomic E-state index is 11.3. The topological polar surface area (TPSA) is 40.5 Å². The predicted molar refractivity (Wildman–Crippen MR) is 80.1 cm³/mol. The first-order chi connectivity index (χ1) is 9.24. The second-order valence-electron chi connectivity index (χ2n) is 4.98. The van der Waals surface area contributed by atoms with Gasteiger partial charge in [-0.15, -0.1) is 11.8 Å². The smallest absolute Gasteiger partial charge is 0.321 e. The van der Waals surface area contributed by atoms with Crippen molar-refractivity contribution in [3.8, 4) is 0 Å². The molecule has 1 fully saturated rings. The quantitative estimate of drug-likeness (QED) is 0.926. The van der Waals surface area contributed by atoms with Crippen LogP contribution >= 0.6 is 23.5 Å². The summed E-state index contributed by atoms with van der Waals surface area (Å²) in [4.78, 5) is 14.8. The molecule has 19 heavy (non-hydrogen) atoms. The lowest BCUT2D eigenvalue weighted by molar-refractivity contribution is -0.142. The van der Waals surface area contributed by atoms with E-state index in [1.54, 1.807) is 11.8 Å². The van der Waals surface area contributed by atoms with E-state index in [1.807, 2.05) is 11.8 Å². The first kappa shape index (κ1) is 13.3. The fraction of sp³-hybridized carbons (Fsp3) is 0.500. The number of benzene rings is 1. The van der Waals surface area contributed by atoms with Gasteiger partial charge in [-0.3, -0.25) is 9.69 Å². The summed E-state index contributed by atoms with van der Waals surface area (Å²) >= 11 is 3.65. The van der Waals surface area contributed by atoms with E-state index in [9.17, 15) is 9.90 Å². The van der Waals surface area contributed by atoms with Crippen LogP contribution in [0.25, 0.3) is 0 Å². The Hall–Kier alpha value is -0.650. The molecule has 0 radical (unpaired) electrons. The Morgan fingerprint density at radius 1 is 1.42 bits per heavy atom. The summed E-state index contributed by atoms with van der Waals surface area (Å²) in [5.41, 5.74) is 1.41. The summed E-state index contributed by atoms with van der Waals surface area (Å²) in [6.07, 6.45) is 1.07. The van der Waals surface area contributed by atoms with Crippen LogP contribution in [0, 0.1) is 0 Å². The number of aliphatic carboxylic acids is 1. The van der Waals surface area contributed by atoms with Crippen molar-refractivity contribution in [1.29, 1.82) is 0 Å². The monoisotopic (exact) mass is 295 g/mol. The summed E-state index contributed by atoms with van der Waals surface area (Å²) < 4.78 is 0. The Morgan fingerprint density at radius 2 is 2.26 bits per heavy atom. The maximum Gasteiger partial charge on any atom is 0.321 e. The number of hydrogen-bond acceptors (Lipinski definition) is 4. The summed E-state index contributed by atoms with van der Waals surface area (Å²) in [6.45, 7) is 1.78. The van der Waals surface area contributed by atoms with E-state index in [2.05, 4.69) is 29.2 Å². The molecule has 0 amide bonds. The molecule has 1 aromatic rings. The van der Waals surface area contributed by atoms with Crippen molar-refractivity contribution in [3.05, 3.63) is 29.8 Å². The second-order valence-corrected chi connectivity index (χ2v) is 7.47. The van der Waals surface area contributed by atoms with E-state index in [1.165, 1.54) is 10.5 Å². The standard InChI is InChI=1S/C14H17NO2S2/c16-14(17)12-9-18-6-5-15(12)8-11-7-10-3-1-2-4-13(10)19-11/h1-4,11-12H,5-9H2,(H,16,17). The molecule has 0 saturated carbocycles. The first-order valence-corrected chi connectivity index (χ1v) is 8.56. The van der Waals surface area contributed by atoms with Crippen LogP contribution in [-0.2, 0) is 11.2 Å². The van der Waals surface area contributed by atoms with E-state index >= 15 is 0 Å². The molecule has 3 rings (SSSR count). The van der Waals surface area contributed by atoms with E-state index in [-0.39, 0.29) is 6.04 Å². The molecule has 1 N–H and O–H groups in total. The second kappa shape index (κ2) is 5.77. The summed E-state index contributed by atoms with van der Waals surface area (Å²) in [5.74, 6) is 1.10. The molecular formula is C14H17NO2S2. The van der Waals surface area contributed by atoms with Crippen LogP contribution in [0.5, 0.6) is 0 Å². The average Bonchev–Trinajstić information content (AvgIpc) is 2.81. The zero-order valence-corrected chi connectivity index (χ0v) is 12.3. The van der Waals surface area contributed by atoms with Gasteiger partial charge < -0.3 is 5.11 Å². The molecule has 102 valence electrons. The Balaban J connectivity index is 1.64. The Morgan fingerprint density at radius 3 is 3.05 bits per heavy atom. The molecule has 2 unspecified atom stereocenters. The van der Waals surface area contributed by atoms with Crippen LogP contribution in [0.1, 0.15) is 5.56 Å². The van der Waals surface area contributed by atoms with Crippen LogP contribution in [-0.4, -0.2) is 51.9 Å². The van der Waals surface area contributed by atoms with E-state index in [0.717, 1.165) is 31.0 Å². The van der Waals surface area contributed by atoms with Crippen molar-refractivity contribution in [2.45, 2.75) is 22.6 Å². The molecule has 2 heterocycles. The number of hydrogen-bond donors (Lipinski definition) is 1.